The summed E-state index contributed by atoms with van der Waals surface area (Å²) in [6.07, 6.45) is -0.376. The number of benzene rings is 2. The molecule has 0 radical (unpaired) electrons. The van der Waals surface area contributed by atoms with E-state index in [0.717, 1.165) is 5.75 Å². The Labute approximate surface area is 144 Å². The minimum Gasteiger partial charge on any atom is -0.497 e. The minimum absolute atomic E-state index is 0.232. The monoisotopic (exact) mass is 346 g/mol. The first kappa shape index (κ1) is 18.1. The van der Waals surface area contributed by atoms with E-state index in [2.05, 4.69) is 0 Å². The first-order valence-electron chi connectivity index (χ1n) is 7.45. The molecular formula is C18H18O7. The van der Waals surface area contributed by atoms with Gasteiger partial charge in [0.2, 0.25) is 0 Å². The first-order chi connectivity index (χ1) is 11.9. The van der Waals surface area contributed by atoms with Gasteiger partial charge in [0, 0.05) is 0 Å². The van der Waals surface area contributed by atoms with Crippen molar-refractivity contribution in [3.63, 3.8) is 0 Å². The lowest BCUT2D eigenvalue weighted by Crippen LogP contribution is -2.21. The fraction of sp³-hybridized carbons (Fsp3) is 0.222. The van der Waals surface area contributed by atoms with E-state index in [-0.39, 0.29) is 29.6 Å². The van der Waals surface area contributed by atoms with E-state index in [1.54, 1.807) is 38.3 Å². The predicted molar refractivity (Wildman–Crippen MR) is 88.9 cm³/mol. The van der Waals surface area contributed by atoms with Gasteiger partial charge in [0.1, 0.15) is 30.0 Å². The maximum Gasteiger partial charge on any atom is 0.336 e. The van der Waals surface area contributed by atoms with Gasteiger partial charge in [0.15, 0.2) is 0 Å². The number of hydrogen-bond acceptors (Lipinski definition) is 5. The fourth-order valence-electron chi connectivity index (χ4n) is 2.11. The van der Waals surface area contributed by atoms with Gasteiger partial charge in [-0.05, 0) is 49.4 Å². The normalized spacial score (nSPS) is 11.4. The number of hydrogen-bond donors (Lipinski definition) is 2. The summed E-state index contributed by atoms with van der Waals surface area (Å²) in [6.45, 7) is 1.99. The van der Waals surface area contributed by atoms with Gasteiger partial charge < -0.3 is 24.4 Å². The average Bonchev–Trinajstić information content (AvgIpc) is 2.60. The van der Waals surface area contributed by atoms with Crippen LogP contribution >= 0.6 is 0 Å². The summed E-state index contributed by atoms with van der Waals surface area (Å²) >= 11 is 0. The highest BCUT2D eigenvalue weighted by Crippen LogP contribution is 2.21. The van der Waals surface area contributed by atoms with Crippen LogP contribution in [0.2, 0.25) is 0 Å². The summed E-state index contributed by atoms with van der Waals surface area (Å²) in [6, 6.07) is 10.9. The third-order valence-electron chi connectivity index (χ3n) is 3.33. The molecule has 25 heavy (non-hydrogen) atoms. The Morgan fingerprint density at radius 1 is 0.920 bits per heavy atom. The second-order valence-corrected chi connectivity index (χ2v) is 5.23. The van der Waals surface area contributed by atoms with E-state index >= 15 is 0 Å². The van der Waals surface area contributed by atoms with Crippen molar-refractivity contribution in [3.8, 4) is 17.2 Å². The molecule has 132 valence electrons. The highest BCUT2D eigenvalue weighted by molar-refractivity contribution is 6.01. The molecule has 0 fully saturated rings. The van der Waals surface area contributed by atoms with Crippen molar-refractivity contribution in [1.82, 2.24) is 0 Å². The number of rotatable bonds is 8. The van der Waals surface area contributed by atoms with Crippen LogP contribution in [0.4, 0.5) is 0 Å². The third kappa shape index (κ3) is 4.87. The number of methoxy groups -OCH3 is 1. The Bertz CT molecular complexity index is 753. The largest absolute Gasteiger partial charge is 0.497 e. The van der Waals surface area contributed by atoms with Crippen LogP contribution in [0.1, 0.15) is 27.6 Å². The van der Waals surface area contributed by atoms with E-state index in [1.807, 2.05) is 0 Å². The summed E-state index contributed by atoms with van der Waals surface area (Å²) in [5, 5.41) is 18.1. The summed E-state index contributed by atoms with van der Waals surface area (Å²) in [5.74, 6) is -1.02. The lowest BCUT2D eigenvalue weighted by Gasteiger charge is -2.16. The molecule has 0 saturated heterocycles. The zero-order valence-corrected chi connectivity index (χ0v) is 13.8. The molecular weight excluding hydrogens is 328 g/mol. The summed E-state index contributed by atoms with van der Waals surface area (Å²) in [5.41, 5.74) is -0.616. The second-order valence-electron chi connectivity index (χ2n) is 5.23. The van der Waals surface area contributed by atoms with Crippen LogP contribution in [0.25, 0.3) is 0 Å². The molecule has 2 rings (SSSR count). The molecule has 0 saturated carbocycles. The van der Waals surface area contributed by atoms with E-state index in [1.165, 1.54) is 18.2 Å². The first-order valence-corrected chi connectivity index (χ1v) is 7.45. The molecule has 1 atom stereocenters. The lowest BCUT2D eigenvalue weighted by atomic mass is 10.1. The van der Waals surface area contributed by atoms with E-state index in [4.69, 9.17) is 24.4 Å². The van der Waals surface area contributed by atoms with Crippen LogP contribution in [-0.4, -0.2) is 42.0 Å². The molecule has 0 bridgehead atoms. The smallest absolute Gasteiger partial charge is 0.336 e. The highest BCUT2D eigenvalue weighted by Gasteiger charge is 2.17. The number of carboxylic acid groups (broad SMARTS) is 2. The number of carboxylic acids is 2. The summed E-state index contributed by atoms with van der Waals surface area (Å²) in [4.78, 5) is 22.2. The lowest BCUT2D eigenvalue weighted by molar-refractivity contribution is 0.0650. The van der Waals surface area contributed by atoms with Crippen molar-refractivity contribution >= 4 is 11.9 Å². The van der Waals surface area contributed by atoms with Crippen LogP contribution in [0.3, 0.4) is 0 Å². The third-order valence-corrected chi connectivity index (χ3v) is 3.33. The van der Waals surface area contributed by atoms with E-state index < -0.39 is 11.9 Å². The molecule has 0 aromatic heterocycles. The molecule has 2 N–H and O–H groups in total. The molecule has 2 aromatic carbocycles. The maximum absolute atomic E-state index is 11.2. The van der Waals surface area contributed by atoms with Crippen molar-refractivity contribution < 1.29 is 34.0 Å². The van der Waals surface area contributed by atoms with Crippen LogP contribution in [0.15, 0.2) is 42.5 Å². The topological polar surface area (TPSA) is 102 Å². The zero-order valence-electron chi connectivity index (χ0n) is 13.8. The molecule has 7 nitrogen and oxygen atoms in total. The predicted octanol–water partition coefficient (Wildman–Crippen LogP) is 2.94. The van der Waals surface area contributed by atoms with Crippen LogP contribution in [-0.2, 0) is 0 Å². The molecule has 7 heteroatoms. The van der Waals surface area contributed by atoms with Crippen molar-refractivity contribution in [1.29, 1.82) is 0 Å². The molecule has 0 aliphatic carbocycles. The van der Waals surface area contributed by atoms with Gasteiger partial charge in [-0.15, -0.1) is 0 Å². The Hall–Kier alpha value is -3.22. The molecule has 0 aliphatic heterocycles. The molecule has 0 heterocycles. The van der Waals surface area contributed by atoms with Crippen molar-refractivity contribution in [3.05, 3.63) is 53.6 Å². The van der Waals surface area contributed by atoms with Gasteiger partial charge in [0.25, 0.3) is 0 Å². The van der Waals surface area contributed by atoms with Crippen molar-refractivity contribution in [2.45, 2.75) is 13.0 Å². The van der Waals surface area contributed by atoms with Gasteiger partial charge in [-0.1, -0.05) is 0 Å². The van der Waals surface area contributed by atoms with Gasteiger partial charge >= 0.3 is 11.9 Å². The summed E-state index contributed by atoms with van der Waals surface area (Å²) in [7, 11) is 1.58. The molecule has 2 aromatic rings. The van der Waals surface area contributed by atoms with Crippen LogP contribution in [0.5, 0.6) is 17.2 Å². The van der Waals surface area contributed by atoms with Crippen LogP contribution < -0.4 is 14.2 Å². The van der Waals surface area contributed by atoms with Gasteiger partial charge in [-0.2, -0.15) is 0 Å². The Kier molecular flexibility index (Phi) is 5.84. The van der Waals surface area contributed by atoms with E-state index in [0.29, 0.717) is 5.75 Å². The average molecular weight is 346 g/mol. The zero-order chi connectivity index (χ0) is 18.4. The Morgan fingerprint density at radius 3 is 2.04 bits per heavy atom. The molecule has 0 amide bonds. The molecule has 1 unspecified atom stereocenters. The van der Waals surface area contributed by atoms with Gasteiger partial charge in [0.05, 0.1) is 18.2 Å². The highest BCUT2D eigenvalue weighted by atomic mass is 16.5. The van der Waals surface area contributed by atoms with Gasteiger partial charge in [-0.25, -0.2) is 9.59 Å². The SMILES string of the molecule is COc1ccc(OCC(C)Oc2ccc(C(=O)O)c(C(=O)O)c2)cc1. The molecule has 0 aliphatic rings. The number of carbonyl (C=O) groups is 2. The number of ether oxygens (including phenoxy) is 3. The number of aromatic carboxylic acids is 2. The van der Waals surface area contributed by atoms with Crippen molar-refractivity contribution in [2.75, 3.05) is 13.7 Å². The standard InChI is InChI=1S/C18H18O7/c1-11(10-24-13-5-3-12(23-2)4-6-13)25-14-7-8-15(17(19)20)16(9-14)18(21)22/h3-9,11H,10H2,1-2H3,(H,19,20)(H,21,22). The van der Waals surface area contributed by atoms with Crippen LogP contribution in [0, 0.1) is 0 Å². The molecule has 0 spiro atoms. The van der Waals surface area contributed by atoms with E-state index in [9.17, 15) is 9.59 Å². The maximum atomic E-state index is 11.2. The quantitative estimate of drug-likeness (QED) is 0.757. The summed E-state index contributed by atoms with van der Waals surface area (Å²) < 4.78 is 16.2. The Balaban J connectivity index is 1.99. The van der Waals surface area contributed by atoms with Crippen molar-refractivity contribution in [2.24, 2.45) is 0 Å². The van der Waals surface area contributed by atoms with Gasteiger partial charge in [-0.3, -0.25) is 0 Å². The minimum atomic E-state index is -1.33. The second kappa shape index (κ2) is 8.05. The Morgan fingerprint density at radius 2 is 1.48 bits per heavy atom. The fourth-order valence-corrected chi connectivity index (χ4v) is 2.11.